The summed E-state index contributed by atoms with van der Waals surface area (Å²) in [4.78, 5) is 83.3. The van der Waals surface area contributed by atoms with Gasteiger partial charge >= 0.3 is 0 Å². The van der Waals surface area contributed by atoms with Gasteiger partial charge in [-0.1, -0.05) is 297 Å². The van der Waals surface area contributed by atoms with E-state index in [1.165, 1.54) is 0 Å². The molecular weight excluding hydrogens is 1620 g/mol. The summed E-state index contributed by atoms with van der Waals surface area (Å²) in [6, 6.07) is 137. The van der Waals surface area contributed by atoms with Gasteiger partial charge in [0, 0.05) is 105 Å². The van der Waals surface area contributed by atoms with Gasteiger partial charge in [-0.05, 0) is 120 Å². The summed E-state index contributed by atoms with van der Waals surface area (Å²) < 4.78 is 4.44. The fraction of sp³-hybridized carbons (Fsp3) is 0. The maximum Gasteiger partial charge on any atom is 0.187 e. The lowest BCUT2D eigenvalue weighted by Gasteiger charge is -2.18. The van der Waals surface area contributed by atoms with E-state index in [1.807, 2.05) is 322 Å². The maximum atomic E-state index is 11.3. The van der Waals surface area contributed by atoms with Gasteiger partial charge in [0.25, 0.3) is 0 Å². The van der Waals surface area contributed by atoms with Crippen LogP contribution >= 0.6 is 0 Å². The summed E-state index contributed by atoms with van der Waals surface area (Å²) in [5, 5.41) is 14.6. The minimum absolute atomic E-state index is 0.307. The van der Waals surface area contributed by atoms with Crippen LogP contribution in [-0.2, 0) is 0 Å². The van der Waals surface area contributed by atoms with E-state index < -0.39 is 0 Å². The van der Waals surface area contributed by atoms with E-state index in [0.717, 1.165) is 127 Å². The zero-order valence-corrected chi connectivity index (χ0v) is 70.2. The largest absolute Gasteiger partial charge is 0.308 e. The van der Waals surface area contributed by atoms with E-state index in [-0.39, 0.29) is 0 Å². The molecule has 7 aromatic heterocycles. The third-order valence-corrected chi connectivity index (χ3v) is 23.4. The summed E-state index contributed by atoms with van der Waals surface area (Å²) >= 11 is 0. The average molecular weight is 1690 g/mol. The second-order valence-corrected chi connectivity index (χ2v) is 31.7. The molecule has 614 valence electrons. The molecule has 0 saturated carbocycles. The zero-order chi connectivity index (χ0) is 88.0. The molecule has 19 heteroatoms. The molecule has 0 aliphatic rings. The Balaban J connectivity index is 0.762. The zero-order valence-electron chi connectivity index (χ0n) is 70.2. The number of hydrogen-bond acceptors (Lipinski definition) is 16. The summed E-state index contributed by atoms with van der Waals surface area (Å²) in [5.74, 6) is 7.00. The highest BCUT2D eigenvalue weighted by Gasteiger charge is 2.28. The van der Waals surface area contributed by atoms with Crippen molar-refractivity contribution in [1.82, 2.24) is 83.9 Å². The van der Waals surface area contributed by atoms with Crippen LogP contribution in [-0.4, -0.2) is 83.9 Å². The molecule has 7 heterocycles. The smallest absolute Gasteiger partial charge is 0.187 e. The number of nitrogens with zero attached hydrogens (tertiary/aromatic N) is 19. The molecule has 16 aromatic carbocycles. The van der Waals surface area contributed by atoms with Crippen LogP contribution in [0.3, 0.4) is 0 Å². The van der Waals surface area contributed by atoms with Crippen molar-refractivity contribution in [3.63, 3.8) is 0 Å². The summed E-state index contributed by atoms with van der Waals surface area (Å²) in [6.45, 7) is 8.26. The first-order valence-corrected chi connectivity index (χ1v) is 42.9. The number of nitriles is 1. The standard InChI is InChI=1S/C113H67N19/c1-115-86-49-29-48-80(63-86)81-51-57-88(98(68-81)132-95-60-54-84(110-124-103(75-38-19-6-20-39-75)118-104(125-110)76-40-21-7-22-41-76)66-91(95)92-67-85(55-61-96(92)132)111-126-105(77-42-23-8-24-43-77)119-106(127-111)78-44-25-9-26-45-78)113-129-107(79-46-27-10-28-47-79)128-112(130-113)87-56-50-70(69-114)62-97(87)131-93-58-52-82(108-120-99(71-30-11-2-12-31-71)116-100(121-108)72-32-13-3-14-33-72)64-89(93)90-65-83(53-59-94(90)131)109-122-101(73-34-15-4-16-35-73)117-102(123-109)74-36-17-5-18-37-74/h2-68H. The topological polar surface area (TPSA) is 231 Å². The molecule has 23 rings (SSSR count). The molecule has 19 nitrogen and oxygen atoms in total. The second kappa shape index (κ2) is 33.6. The Morgan fingerprint density at radius 3 is 0.659 bits per heavy atom. The van der Waals surface area contributed by atoms with Crippen LogP contribution in [0.15, 0.2) is 406 Å². The first-order chi connectivity index (χ1) is 65.3. The number of fused-ring (bicyclic) bond motifs is 6. The molecule has 0 aliphatic heterocycles. The molecule has 0 bridgehead atoms. The molecule has 0 unspecified atom stereocenters. The Hall–Kier alpha value is -18.9. The van der Waals surface area contributed by atoms with Crippen LogP contribution in [0.5, 0.6) is 0 Å². The molecule has 0 N–H and O–H groups in total. The Morgan fingerprint density at radius 2 is 0.402 bits per heavy atom. The predicted octanol–water partition coefficient (Wildman–Crippen LogP) is 25.9. The number of aromatic nitrogens is 17. The van der Waals surface area contributed by atoms with Gasteiger partial charge in [0.2, 0.25) is 0 Å². The number of hydrogen-bond donors (Lipinski definition) is 0. The van der Waals surface area contributed by atoms with Crippen molar-refractivity contribution in [2.45, 2.75) is 0 Å². The maximum absolute atomic E-state index is 11.3. The minimum Gasteiger partial charge on any atom is -0.308 e. The molecule has 0 radical (unpaired) electrons. The van der Waals surface area contributed by atoms with Crippen molar-refractivity contribution in [3.05, 3.63) is 423 Å². The first kappa shape index (κ1) is 77.9. The van der Waals surface area contributed by atoms with Gasteiger partial charge in [-0.2, -0.15) is 5.26 Å². The van der Waals surface area contributed by atoms with Gasteiger partial charge in [-0.15, -0.1) is 0 Å². The molecule has 0 aliphatic carbocycles. The first-order valence-electron chi connectivity index (χ1n) is 42.9. The van der Waals surface area contributed by atoms with Crippen LogP contribution in [0.25, 0.3) is 242 Å². The van der Waals surface area contributed by atoms with E-state index in [9.17, 15) is 5.26 Å². The van der Waals surface area contributed by atoms with Gasteiger partial charge in [-0.3, -0.25) is 0 Å². The van der Waals surface area contributed by atoms with Crippen molar-refractivity contribution in [3.8, 4) is 199 Å². The monoisotopic (exact) mass is 1690 g/mol. The van der Waals surface area contributed by atoms with E-state index in [2.05, 4.69) is 98.9 Å². The van der Waals surface area contributed by atoms with Gasteiger partial charge < -0.3 is 9.13 Å². The Morgan fingerprint density at radius 1 is 0.189 bits per heavy atom. The quantitative estimate of drug-likeness (QED) is 0.0727. The molecular formula is C113H67N19. The molecule has 23 aromatic rings. The lowest BCUT2D eigenvalue weighted by atomic mass is 10.0. The third kappa shape index (κ3) is 14.9. The van der Waals surface area contributed by atoms with E-state index in [1.54, 1.807) is 6.07 Å². The van der Waals surface area contributed by atoms with Crippen LogP contribution < -0.4 is 0 Å². The molecule has 0 saturated heterocycles. The lowest BCUT2D eigenvalue weighted by molar-refractivity contribution is 1.06. The van der Waals surface area contributed by atoms with Gasteiger partial charge in [-0.25, -0.2) is 79.6 Å². The molecule has 0 spiro atoms. The van der Waals surface area contributed by atoms with Gasteiger partial charge in [0.05, 0.1) is 51.6 Å². The highest BCUT2D eigenvalue weighted by Crippen LogP contribution is 2.45. The van der Waals surface area contributed by atoms with E-state index in [0.29, 0.717) is 121 Å². The Bertz CT molecular complexity index is 7910. The SMILES string of the molecule is [C-]#[N+]c1cccc(-c2ccc(-c3nc(-c4ccccc4)nc(-c4ccc(C#N)cc4-n4c5ccc(-c6nc(-c7ccccc7)nc(-c7ccccc7)n6)cc5c5cc(-c6nc(-c7ccccc7)nc(-c7ccccc7)n6)ccc54)n3)c(-n3c4ccc(-c5nc(-c6ccccc6)nc(-c6ccccc6)n5)cc4c4cc(-c5nc(-c6ccccc6)nc(-c6ccccc6)n5)ccc43)c2)c1. The van der Waals surface area contributed by atoms with Crippen molar-refractivity contribution in [1.29, 1.82) is 5.26 Å². The third-order valence-electron chi connectivity index (χ3n) is 23.4. The van der Waals surface area contributed by atoms with Crippen LogP contribution in [0.2, 0.25) is 0 Å². The van der Waals surface area contributed by atoms with Gasteiger partial charge in [0.1, 0.15) is 0 Å². The van der Waals surface area contributed by atoms with Crippen molar-refractivity contribution >= 4 is 49.3 Å². The summed E-state index contributed by atoms with van der Waals surface area (Å²) in [5.41, 5.74) is 18.5. The normalized spacial score (nSPS) is 11.3. The molecule has 0 atom stereocenters. The minimum atomic E-state index is 0.307. The molecule has 132 heavy (non-hydrogen) atoms. The predicted molar refractivity (Wildman–Crippen MR) is 520 cm³/mol. The van der Waals surface area contributed by atoms with Crippen molar-refractivity contribution in [2.75, 3.05) is 0 Å². The number of benzene rings is 16. The van der Waals surface area contributed by atoms with Crippen LogP contribution in [0.1, 0.15) is 5.56 Å². The van der Waals surface area contributed by atoms with E-state index in [4.69, 9.17) is 81.3 Å². The average Bonchev–Trinajstić information content (AvgIpc) is 1.57. The Labute approximate surface area is 756 Å². The lowest BCUT2D eigenvalue weighted by Crippen LogP contribution is -2.06. The fourth-order valence-corrected chi connectivity index (χ4v) is 17.0. The fourth-order valence-electron chi connectivity index (χ4n) is 17.0. The second-order valence-electron chi connectivity index (χ2n) is 31.7. The summed E-state index contributed by atoms with van der Waals surface area (Å²) in [6.07, 6.45) is 0. The molecule has 0 fully saturated rings. The highest BCUT2D eigenvalue weighted by molar-refractivity contribution is 6.14. The van der Waals surface area contributed by atoms with Gasteiger partial charge in [0.15, 0.2) is 93.1 Å². The number of rotatable bonds is 18. The van der Waals surface area contributed by atoms with Crippen LogP contribution in [0.4, 0.5) is 5.69 Å². The molecule has 0 amide bonds. The van der Waals surface area contributed by atoms with Crippen molar-refractivity contribution < 1.29 is 0 Å². The van der Waals surface area contributed by atoms with Crippen LogP contribution in [0, 0.1) is 17.9 Å². The van der Waals surface area contributed by atoms with E-state index >= 15 is 0 Å². The Kier molecular flexibility index (Phi) is 19.8. The highest BCUT2D eigenvalue weighted by atomic mass is 15.1. The van der Waals surface area contributed by atoms with Crippen molar-refractivity contribution in [2.24, 2.45) is 0 Å². The summed E-state index contributed by atoms with van der Waals surface area (Å²) in [7, 11) is 0.